The van der Waals surface area contributed by atoms with Crippen LogP contribution in [0.5, 0.6) is 0 Å². The maximum atomic E-state index is 13.5. The van der Waals surface area contributed by atoms with Gasteiger partial charge in [0.05, 0.1) is 23.8 Å². The summed E-state index contributed by atoms with van der Waals surface area (Å²) in [6.07, 6.45) is 2.18. The summed E-state index contributed by atoms with van der Waals surface area (Å²) in [5, 5.41) is 4.24. The molecule has 0 saturated carbocycles. The maximum absolute atomic E-state index is 13.5. The van der Waals surface area contributed by atoms with Crippen LogP contribution in [0.1, 0.15) is 60.2 Å². The molecule has 238 valence electrons. The molecule has 2 saturated heterocycles. The van der Waals surface area contributed by atoms with Crippen molar-refractivity contribution in [2.24, 2.45) is 0 Å². The number of rotatable bonds is 4. The average Bonchev–Trinajstić information content (AvgIpc) is 3.39. The quantitative estimate of drug-likeness (QED) is 0.429. The van der Waals surface area contributed by atoms with Gasteiger partial charge in [-0.15, -0.1) is 11.3 Å². The molecule has 3 amide bonds. The molecule has 0 aliphatic carbocycles. The van der Waals surface area contributed by atoms with Gasteiger partial charge in [0, 0.05) is 67.7 Å². The smallest absolute Gasteiger partial charge is 0.410 e. The molecular weight excluding hydrogens is 590 g/mol. The number of aromatic nitrogens is 1. The second kappa shape index (κ2) is 12.1. The van der Waals surface area contributed by atoms with Crippen molar-refractivity contribution >= 4 is 34.2 Å². The molecule has 0 spiro atoms. The largest absolute Gasteiger partial charge is 0.444 e. The number of morpholine rings is 1. The average molecular weight is 632 g/mol. The van der Waals surface area contributed by atoms with Crippen molar-refractivity contribution in [2.45, 2.75) is 52.2 Å². The molecule has 10 nitrogen and oxygen atoms in total. The second-order valence-corrected chi connectivity index (χ2v) is 14.5. The lowest BCUT2D eigenvalue weighted by Gasteiger charge is -2.35. The van der Waals surface area contributed by atoms with Gasteiger partial charge in [-0.1, -0.05) is 12.1 Å². The Morgan fingerprint density at radius 2 is 1.69 bits per heavy atom. The Balaban J connectivity index is 1.26. The normalized spacial score (nSPS) is 18.3. The number of amides is 3. The molecule has 2 fully saturated rings. The highest BCUT2D eigenvalue weighted by molar-refractivity contribution is 7.19. The number of hydrogen-bond donors (Lipinski definition) is 1. The minimum atomic E-state index is -0.562. The fourth-order valence-electron chi connectivity index (χ4n) is 6.10. The van der Waals surface area contributed by atoms with Gasteiger partial charge >= 0.3 is 6.09 Å². The number of benzene rings is 1. The van der Waals surface area contributed by atoms with Crippen LogP contribution in [0.2, 0.25) is 0 Å². The number of hydrogen-bond acceptors (Lipinski definition) is 8. The first kappa shape index (κ1) is 31.0. The highest BCUT2D eigenvalue weighted by Crippen LogP contribution is 2.46. The van der Waals surface area contributed by atoms with Gasteiger partial charge in [-0.2, -0.15) is 0 Å². The molecule has 5 heterocycles. The molecule has 1 aromatic carbocycles. The van der Waals surface area contributed by atoms with E-state index in [0.29, 0.717) is 45.0 Å². The Kier molecular flexibility index (Phi) is 8.34. The van der Waals surface area contributed by atoms with E-state index in [1.165, 1.54) is 0 Å². The molecule has 3 aliphatic heterocycles. The van der Waals surface area contributed by atoms with Crippen LogP contribution in [0.3, 0.4) is 0 Å². The molecule has 3 aromatic rings. The van der Waals surface area contributed by atoms with Crippen molar-refractivity contribution in [3.8, 4) is 22.4 Å². The molecule has 1 N–H and O–H groups in total. The molecule has 0 radical (unpaired) electrons. The Morgan fingerprint density at radius 3 is 2.40 bits per heavy atom. The van der Waals surface area contributed by atoms with Gasteiger partial charge in [0.25, 0.3) is 11.8 Å². The van der Waals surface area contributed by atoms with Crippen molar-refractivity contribution in [1.29, 1.82) is 0 Å². The van der Waals surface area contributed by atoms with E-state index in [1.807, 2.05) is 51.1 Å². The third-order valence-electron chi connectivity index (χ3n) is 8.24. The van der Waals surface area contributed by atoms with E-state index in [1.54, 1.807) is 27.3 Å². The van der Waals surface area contributed by atoms with Gasteiger partial charge in [-0.25, -0.2) is 4.79 Å². The number of anilines is 1. The summed E-state index contributed by atoms with van der Waals surface area (Å²) in [6.45, 7) is 14.2. The minimum Gasteiger partial charge on any atom is -0.444 e. The van der Waals surface area contributed by atoms with Crippen LogP contribution in [0, 0.1) is 0 Å². The third-order valence-corrected chi connectivity index (χ3v) is 9.53. The minimum absolute atomic E-state index is 0.0283. The van der Waals surface area contributed by atoms with E-state index in [2.05, 4.69) is 30.1 Å². The number of carbonyl (C=O) groups excluding carboxylic acids is 3. The van der Waals surface area contributed by atoms with Gasteiger partial charge in [-0.05, 0) is 76.4 Å². The van der Waals surface area contributed by atoms with E-state index in [-0.39, 0.29) is 23.4 Å². The predicted octanol–water partition coefficient (Wildman–Crippen LogP) is 5.07. The lowest BCUT2D eigenvalue weighted by Crippen LogP contribution is -2.51. The summed E-state index contributed by atoms with van der Waals surface area (Å²) < 4.78 is 11.1. The first-order chi connectivity index (χ1) is 21.4. The Labute approximate surface area is 268 Å². The van der Waals surface area contributed by atoms with Crippen LogP contribution >= 0.6 is 11.3 Å². The number of fused-ring (bicyclic) bond motifs is 1. The summed E-state index contributed by atoms with van der Waals surface area (Å²) >= 11 is 1.56. The molecule has 0 atom stereocenters. The van der Waals surface area contributed by atoms with Gasteiger partial charge < -0.3 is 29.5 Å². The Bertz CT molecular complexity index is 1610. The van der Waals surface area contributed by atoms with E-state index >= 15 is 0 Å². The highest BCUT2D eigenvalue weighted by atomic mass is 32.1. The summed E-state index contributed by atoms with van der Waals surface area (Å²) in [5.41, 5.74) is 4.40. The molecule has 45 heavy (non-hydrogen) atoms. The summed E-state index contributed by atoms with van der Waals surface area (Å²) in [5.74, 6) is -0.106. The Morgan fingerprint density at radius 1 is 0.978 bits per heavy atom. The molecule has 11 heteroatoms. The molecule has 3 aliphatic rings. The molecule has 6 rings (SSSR count). The van der Waals surface area contributed by atoms with Crippen LogP contribution in [-0.4, -0.2) is 96.3 Å². The number of nitrogens with zero attached hydrogens (tertiary/aromatic N) is 4. The van der Waals surface area contributed by atoms with Crippen LogP contribution < -0.4 is 10.2 Å². The molecule has 0 bridgehead atoms. The van der Waals surface area contributed by atoms with Crippen LogP contribution in [0.15, 0.2) is 42.6 Å². The Hall–Kier alpha value is -3.96. The third kappa shape index (κ3) is 6.69. The van der Waals surface area contributed by atoms with Crippen molar-refractivity contribution in [3.63, 3.8) is 0 Å². The fourth-order valence-corrected chi connectivity index (χ4v) is 7.39. The lowest BCUT2D eigenvalue weighted by atomic mass is 9.87. The lowest BCUT2D eigenvalue weighted by molar-refractivity contribution is 0.0141. The zero-order valence-electron chi connectivity index (χ0n) is 26.6. The summed E-state index contributed by atoms with van der Waals surface area (Å²) in [6, 6.07) is 11.6. The van der Waals surface area contributed by atoms with Gasteiger partial charge in [-0.3, -0.25) is 14.6 Å². The van der Waals surface area contributed by atoms with Gasteiger partial charge in [0.1, 0.15) is 10.6 Å². The summed E-state index contributed by atoms with van der Waals surface area (Å²) in [7, 11) is 0. The number of piperazine rings is 1. The van der Waals surface area contributed by atoms with Gasteiger partial charge in [0.15, 0.2) is 0 Å². The van der Waals surface area contributed by atoms with Crippen LogP contribution in [-0.2, 0) is 15.9 Å². The van der Waals surface area contributed by atoms with E-state index in [9.17, 15) is 14.4 Å². The first-order valence-electron chi connectivity index (χ1n) is 15.5. The summed E-state index contributed by atoms with van der Waals surface area (Å²) in [4.78, 5) is 50.4. The van der Waals surface area contributed by atoms with Crippen molar-refractivity contribution in [3.05, 3.63) is 58.6 Å². The SMILES string of the molecule is CC1(C)Cc2c(sc(N3CCOCC3)c2-c2ccnc(-c3cccc(C(=O)N4CCN(C(=O)OC(C)(C)C)CC4)c3)c2)C(=O)N1. The number of ether oxygens (including phenoxy) is 2. The zero-order chi connectivity index (χ0) is 31.9. The highest BCUT2D eigenvalue weighted by Gasteiger charge is 2.37. The van der Waals surface area contributed by atoms with E-state index in [0.717, 1.165) is 57.3 Å². The standard InChI is InChI=1S/C34H41N5O5S/c1-33(2,3)44-32(42)39-13-11-37(12-14-39)30(41)24-8-6-7-22(19-24)26-20-23(9-10-35-26)27-25-21-34(4,5)36-29(40)28(25)45-31(27)38-15-17-43-18-16-38/h6-10,19-20H,11-18,21H2,1-5H3,(H,36,40). The predicted molar refractivity (Wildman–Crippen MR) is 175 cm³/mol. The van der Waals surface area contributed by atoms with Crippen LogP contribution in [0.4, 0.5) is 9.80 Å². The zero-order valence-corrected chi connectivity index (χ0v) is 27.5. The maximum Gasteiger partial charge on any atom is 0.410 e. The van der Waals surface area contributed by atoms with Crippen LogP contribution in [0.25, 0.3) is 22.4 Å². The van der Waals surface area contributed by atoms with E-state index < -0.39 is 5.60 Å². The molecule has 0 unspecified atom stereocenters. The second-order valence-electron chi connectivity index (χ2n) is 13.5. The molecule has 2 aromatic heterocycles. The fraction of sp³-hybridized carbons (Fsp3) is 0.471. The molecular formula is C34H41N5O5S. The number of nitrogens with one attached hydrogen (secondary N) is 1. The van der Waals surface area contributed by atoms with Crippen molar-refractivity contribution in [1.82, 2.24) is 20.1 Å². The van der Waals surface area contributed by atoms with Gasteiger partial charge in [0.2, 0.25) is 0 Å². The van der Waals surface area contributed by atoms with Crippen molar-refractivity contribution in [2.75, 3.05) is 57.4 Å². The first-order valence-corrected chi connectivity index (χ1v) is 16.4. The number of carbonyl (C=O) groups is 3. The van der Waals surface area contributed by atoms with E-state index in [4.69, 9.17) is 14.5 Å². The monoisotopic (exact) mass is 631 g/mol. The number of pyridine rings is 1. The van der Waals surface area contributed by atoms with Crippen molar-refractivity contribution < 1.29 is 23.9 Å². The topological polar surface area (TPSA) is 104 Å². The number of thiophene rings is 1.